The molecule has 0 spiro atoms. The molecule has 32 heavy (non-hydrogen) atoms. The molecule has 0 bridgehead atoms. The third-order valence-electron chi connectivity index (χ3n) is 4.69. The zero-order valence-electron chi connectivity index (χ0n) is 16.6. The first-order valence-electron chi connectivity index (χ1n) is 9.40. The van der Waals surface area contributed by atoms with Crippen molar-refractivity contribution in [2.45, 2.75) is 6.18 Å². The van der Waals surface area contributed by atoms with Crippen LogP contribution in [0.1, 0.15) is 11.1 Å². The van der Waals surface area contributed by atoms with Crippen LogP contribution in [0, 0.1) is 21.4 Å². The van der Waals surface area contributed by atoms with Gasteiger partial charge in [0.25, 0.3) is 11.6 Å². The fourth-order valence-electron chi connectivity index (χ4n) is 3.14. The van der Waals surface area contributed by atoms with Gasteiger partial charge in [0.05, 0.1) is 23.7 Å². The minimum absolute atomic E-state index is 0.140. The summed E-state index contributed by atoms with van der Waals surface area (Å²) in [4.78, 5) is 25.1. The van der Waals surface area contributed by atoms with Crippen molar-refractivity contribution in [1.82, 2.24) is 0 Å². The Morgan fingerprint density at radius 1 is 1.22 bits per heavy atom. The molecule has 0 unspecified atom stereocenters. The standard InChI is InChI=1S/C21H17F3N4O4/c22-21(23,24)16-2-1-3-17(12-16)26-20(29)15(13-25)10-14-11-18(28(30)31)4-5-19(14)27-6-8-32-9-7-27/h1-5,10-12H,6-9H2,(H,26,29)/b15-10+. The highest BCUT2D eigenvalue weighted by atomic mass is 19.4. The Bertz CT molecular complexity index is 1100. The number of rotatable bonds is 5. The van der Waals surface area contributed by atoms with Crippen LogP contribution in [0.2, 0.25) is 0 Å². The molecule has 0 saturated carbocycles. The van der Waals surface area contributed by atoms with Gasteiger partial charge in [0.1, 0.15) is 11.6 Å². The van der Waals surface area contributed by atoms with Gasteiger partial charge in [-0.2, -0.15) is 18.4 Å². The van der Waals surface area contributed by atoms with Crippen LogP contribution in [0.15, 0.2) is 48.0 Å². The first-order chi connectivity index (χ1) is 15.2. The van der Waals surface area contributed by atoms with E-state index in [1.54, 1.807) is 6.07 Å². The Hall–Kier alpha value is -3.91. The van der Waals surface area contributed by atoms with Crippen LogP contribution in [0.3, 0.4) is 0 Å². The van der Waals surface area contributed by atoms with Gasteiger partial charge in [-0.25, -0.2) is 0 Å². The molecule has 1 saturated heterocycles. The summed E-state index contributed by atoms with van der Waals surface area (Å²) in [5, 5.41) is 22.9. The molecule has 0 atom stereocenters. The number of ether oxygens (including phenoxy) is 1. The number of non-ortho nitro benzene ring substituents is 1. The van der Waals surface area contributed by atoms with Crippen LogP contribution >= 0.6 is 0 Å². The van der Waals surface area contributed by atoms with Crippen LogP contribution in [0.4, 0.5) is 30.2 Å². The molecule has 1 heterocycles. The highest BCUT2D eigenvalue weighted by Gasteiger charge is 2.30. The molecule has 166 valence electrons. The van der Waals surface area contributed by atoms with Crippen molar-refractivity contribution in [2.75, 3.05) is 36.5 Å². The molecule has 1 amide bonds. The van der Waals surface area contributed by atoms with Gasteiger partial charge in [0.15, 0.2) is 0 Å². The van der Waals surface area contributed by atoms with E-state index in [1.807, 2.05) is 4.90 Å². The van der Waals surface area contributed by atoms with E-state index in [-0.39, 0.29) is 16.9 Å². The summed E-state index contributed by atoms with van der Waals surface area (Å²) in [5.41, 5.74) is -0.916. The minimum Gasteiger partial charge on any atom is -0.378 e. The summed E-state index contributed by atoms with van der Waals surface area (Å²) in [6.07, 6.45) is -3.41. The number of benzene rings is 2. The number of anilines is 2. The number of hydrogen-bond donors (Lipinski definition) is 1. The van der Waals surface area contributed by atoms with E-state index in [4.69, 9.17) is 4.74 Å². The number of carbonyl (C=O) groups excluding carboxylic acids is 1. The molecule has 0 aromatic heterocycles. The third kappa shape index (κ3) is 5.41. The number of nitro groups is 1. The van der Waals surface area contributed by atoms with Crippen LogP contribution in [-0.2, 0) is 15.7 Å². The largest absolute Gasteiger partial charge is 0.416 e. The van der Waals surface area contributed by atoms with E-state index in [2.05, 4.69) is 5.32 Å². The molecule has 0 radical (unpaired) electrons. The number of nitriles is 1. The Morgan fingerprint density at radius 3 is 2.56 bits per heavy atom. The van der Waals surface area contributed by atoms with E-state index in [1.165, 1.54) is 30.3 Å². The second-order valence-corrected chi connectivity index (χ2v) is 6.80. The molecule has 11 heteroatoms. The molecular formula is C21H17F3N4O4. The van der Waals surface area contributed by atoms with Gasteiger partial charge in [-0.05, 0) is 30.3 Å². The second-order valence-electron chi connectivity index (χ2n) is 6.80. The van der Waals surface area contributed by atoms with Crippen molar-refractivity contribution in [3.8, 4) is 6.07 Å². The lowest BCUT2D eigenvalue weighted by atomic mass is 10.1. The van der Waals surface area contributed by atoms with E-state index in [0.29, 0.717) is 32.0 Å². The first-order valence-corrected chi connectivity index (χ1v) is 9.40. The third-order valence-corrected chi connectivity index (χ3v) is 4.69. The number of alkyl halides is 3. The van der Waals surface area contributed by atoms with Crippen molar-refractivity contribution < 1.29 is 27.6 Å². The highest BCUT2D eigenvalue weighted by molar-refractivity contribution is 6.10. The summed E-state index contributed by atoms with van der Waals surface area (Å²) < 4.78 is 44.0. The summed E-state index contributed by atoms with van der Waals surface area (Å²) >= 11 is 0. The summed E-state index contributed by atoms with van der Waals surface area (Å²) in [5.74, 6) is -0.939. The fraction of sp³-hybridized carbons (Fsp3) is 0.238. The molecule has 1 N–H and O–H groups in total. The normalized spacial score (nSPS) is 14.6. The SMILES string of the molecule is N#C/C(=C\c1cc([N+](=O)[O-])ccc1N1CCOCC1)C(=O)Nc1cccc(C(F)(F)F)c1. The maximum atomic E-state index is 12.9. The van der Waals surface area contributed by atoms with Gasteiger partial charge in [-0.1, -0.05) is 6.07 Å². The maximum absolute atomic E-state index is 12.9. The Labute approximate surface area is 180 Å². The molecule has 1 aliphatic heterocycles. The van der Waals surface area contributed by atoms with Gasteiger partial charge >= 0.3 is 6.18 Å². The number of carbonyl (C=O) groups is 1. The van der Waals surface area contributed by atoms with Crippen LogP contribution < -0.4 is 10.2 Å². The van der Waals surface area contributed by atoms with Gasteiger partial charge in [0.2, 0.25) is 0 Å². The minimum atomic E-state index is -4.59. The van der Waals surface area contributed by atoms with Crippen molar-refractivity contribution in [2.24, 2.45) is 0 Å². The lowest BCUT2D eigenvalue weighted by Crippen LogP contribution is -2.36. The topological polar surface area (TPSA) is 108 Å². The molecule has 3 rings (SSSR count). The molecule has 0 aliphatic carbocycles. The Balaban J connectivity index is 1.94. The molecule has 2 aromatic carbocycles. The lowest BCUT2D eigenvalue weighted by Gasteiger charge is -2.30. The number of halogens is 3. The Morgan fingerprint density at radius 2 is 1.94 bits per heavy atom. The van der Waals surface area contributed by atoms with Crippen molar-refractivity contribution in [1.29, 1.82) is 5.26 Å². The predicted molar refractivity (Wildman–Crippen MR) is 110 cm³/mol. The zero-order chi connectivity index (χ0) is 23.3. The number of nitrogens with zero attached hydrogens (tertiary/aromatic N) is 3. The highest BCUT2D eigenvalue weighted by Crippen LogP contribution is 2.31. The van der Waals surface area contributed by atoms with Gasteiger partial charge < -0.3 is 15.0 Å². The first kappa shape index (κ1) is 22.8. The van der Waals surface area contributed by atoms with Crippen molar-refractivity contribution >= 4 is 29.0 Å². The number of hydrogen-bond acceptors (Lipinski definition) is 6. The molecule has 1 aliphatic rings. The smallest absolute Gasteiger partial charge is 0.378 e. The molecule has 2 aromatic rings. The molecule has 8 nitrogen and oxygen atoms in total. The summed E-state index contributed by atoms with van der Waals surface area (Å²) in [6, 6.07) is 9.78. The van der Waals surface area contributed by atoms with Gasteiger partial charge in [-0.3, -0.25) is 14.9 Å². The van der Waals surface area contributed by atoms with Gasteiger partial charge in [-0.15, -0.1) is 0 Å². The monoisotopic (exact) mass is 446 g/mol. The number of nitro benzene ring substituents is 1. The second kappa shape index (κ2) is 9.49. The fourth-order valence-corrected chi connectivity index (χ4v) is 3.14. The number of nitrogens with one attached hydrogen (secondary N) is 1. The molecular weight excluding hydrogens is 429 g/mol. The average molecular weight is 446 g/mol. The van der Waals surface area contributed by atoms with Crippen molar-refractivity contribution in [3.63, 3.8) is 0 Å². The predicted octanol–water partition coefficient (Wildman–Crippen LogP) is 4.00. The number of amides is 1. The average Bonchev–Trinajstić information content (AvgIpc) is 2.77. The lowest BCUT2D eigenvalue weighted by molar-refractivity contribution is -0.384. The van der Waals surface area contributed by atoms with E-state index < -0.39 is 28.1 Å². The quantitative estimate of drug-likeness (QED) is 0.322. The van der Waals surface area contributed by atoms with Crippen LogP contribution in [0.25, 0.3) is 6.08 Å². The zero-order valence-corrected chi connectivity index (χ0v) is 16.6. The summed E-state index contributed by atoms with van der Waals surface area (Å²) in [6.45, 7) is 1.91. The van der Waals surface area contributed by atoms with E-state index >= 15 is 0 Å². The van der Waals surface area contributed by atoms with E-state index in [9.17, 15) is 33.3 Å². The molecule has 1 fully saturated rings. The number of morpholine rings is 1. The van der Waals surface area contributed by atoms with Crippen LogP contribution in [-0.4, -0.2) is 37.1 Å². The van der Waals surface area contributed by atoms with Crippen molar-refractivity contribution in [3.05, 3.63) is 69.3 Å². The van der Waals surface area contributed by atoms with Crippen LogP contribution in [0.5, 0.6) is 0 Å². The Kier molecular flexibility index (Phi) is 6.75. The van der Waals surface area contributed by atoms with E-state index in [0.717, 1.165) is 18.2 Å². The summed E-state index contributed by atoms with van der Waals surface area (Å²) in [7, 11) is 0. The maximum Gasteiger partial charge on any atom is 0.416 e. The van der Waals surface area contributed by atoms with Gasteiger partial charge in [0, 0.05) is 42.2 Å².